The highest BCUT2D eigenvalue weighted by Crippen LogP contribution is 2.20. The number of anilines is 1. The van der Waals surface area contributed by atoms with Crippen LogP contribution in [0.3, 0.4) is 0 Å². The number of aromatic nitrogens is 2. The third-order valence-electron chi connectivity index (χ3n) is 3.25. The molecule has 0 spiro atoms. The Morgan fingerprint density at radius 1 is 1.60 bits per heavy atom. The van der Waals surface area contributed by atoms with E-state index in [2.05, 4.69) is 28.3 Å². The van der Waals surface area contributed by atoms with Crippen LogP contribution in [0.5, 0.6) is 0 Å². The van der Waals surface area contributed by atoms with Crippen LogP contribution in [0.1, 0.15) is 20.3 Å². The first kappa shape index (κ1) is 10.5. The molecule has 4 nitrogen and oxygen atoms in total. The summed E-state index contributed by atoms with van der Waals surface area (Å²) in [7, 11) is 0. The number of imidazole rings is 1. The number of rotatable bonds is 3. The quantitative estimate of drug-likeness (QED) is 0.812. The summed E-state index contributed by atoms with van der Waals surface area (Å²) in [5.74, 6) is 1.36. The van der Waals surface area contributed by atoms with E-state index in [1.54, 1.807) is 6.20 Å². The molecule has 2 N–H and O–H groups in total. The van der Waals surface area contributed by atoms with Crippen molar-refractivity contribution >= 4 is 5.95 Å². The van der Waals surface area contributed by atoms with Gasteiger partial charge in [-0.05, 0) is 32.7 Å². The minimum absolute atomic E-state index is 0.637. The molecule has 1 aliphatic rings. The van der Waals surface area contributed by atoms with E-state index in [1.807, 2.05) is 6.20 Å². The highest BCUT2D eigenvalue weighted by atomic mass is 15.2. The van der Waals surface area contributed by atoms with E-state index >= 15 is 0 Å². The molecule has 15 heavy (non-hydrogen) atoms. The van der Waals surface area contributed by atoms with Crippen LogP contribution >= 0.6 is 0 Å². The minimum Gasteiger partial charge on any atom is -0.369 e. The Morgan fingerprint density at radius 2 is 2.40 bits per heavy atom. The first-order chi connectivity index (χ1) is 7.16. The van der Waals surface area contributed by atoms with Gasteiger partial charge in [0.25, 0.3) is 0 Å². The molecule has 1 aromatic heterocycles. The Balaban J connectivity index is 1.90. The second kappa shape index (κ2) is 4.23. The number of nitrogen functional groups attached to an aromatic ring is 1. The summed E-state index contributed by atoms with van der Waals surface area (Å²) in [5, 5.41) is 0. The number of nitrogens with zero attached hydrogens (tertiary/aromatic N) is 3. The molecule has 1 aliphatic heterocycles. The van der Waals surface area contributed by atoms with Gasteiger partial charge in [-0.25, -0.2) is 4.98 Å². The smallest absolute Gasteiger partial charge is 0.200 e. The fourth-order valence-corrected chi connectivity index (χ4v) is 2.25. The highest BCUT2D eigenvalue weighted by Gasteiger charge is 2.24. The van der Waals surface area contributed by atoms with Crippen molar-refractivity contribution < 1.29 is 0 Å². The summed E-state index contributed by atoms with van der Waals surface area (Å²) < 4.78 is 2.05. The van der Waals surface area contributed by atoms with Gasteiger partial charge in [-0.3, -0.25) is 0 Å². The second-order valence-electron chi connectivity index (χ2n) is 4.68. The number of hydrogen-bond donors (Lipinski definition) is 1. The monoisotopic (exact) mass is 208 g/mol. The Hall–Kier alpha value is -1.03. The summed E-state index contributed by atoms with van der Waals surface area (Å²) in [6, 6.07) is 0.662. The van der Waals surface area contributed by atoms with E-state index in [0.29, 0.717) is 12.0 Å². The van der Waals surface area contributed by atoms with Crippen LogP contribution in [0.25, 0.3) is 0 Å². The molecule has 0 bridgehead atoms. The van der Waals surface area contributed by atoms with Gasteiger partial charge in [-0.15, -0.1) is 0 Å². The lowest BCUT2D eigenvalue weighted by Gasteiger charge is -2.20. The van der Waals surface area contributed by atoms with E-state index in [1.165, 1.54) is 19.5 Å². The molecule has 0 aliphatic carbocycles. The van der Waals surface area contributed by atoms with Crippen molar-refractivity contribution in [2.24, 2.45) is 5.92 Å². The van der Waals surface area contributed by atoms with E-state index in [4.69, 9.17) is 5.73 Å². The van der Waals surface area contributed by atoms with Crippen LogP contribution in [0.15, 0.2) is 12.4 Å². The Labute approximate surface area is 91.1 Å². The van der Waals surface area contributed by atoms with Crippen LogP contribution in [-0.4, -0.2) is 33.6 Å². The number of nitrogens with two attached hydrogens (primary N) is 1. The van der Waals surface area contributed by atoms with Gasteiger partial charge in [0.15, 0.2) is 5.95 Å². The fourth-order valence-electron chi connectivity index (χ4n) is 2.25. The summed E-state index contributed by atoms with van der Waals surface area (Å²) in [5.41, 5.74) is 5.75. The zero-order valence-corrected chi connectivity index (χ0v) is 9.56. The predicted molar refractivity (Wildman–Crippen MR) is 61.5 cm³/mol. The highest BCUT2D eigenvalue weighted by molar-refractivity contribution is 5.16. The molecule has 1 fully saturated rings. The first-order valence-electron chi connectivity index (χ1n) is 5.67. The van der Waals surface area contributed by atoms with Gasteiger partial charge in [0.05, 0.1) is 0 Å². The lowest BCUT2D eigenvalue weighted by atomic mass is 10.1. The van der Waals surface area contributed by atoms with Gasteiger partial charge in [0, 0.05) is 31.5 Å². The van der Waals surface area contributed by atoms with Gasteiger partial charge in [0.2, 0.25) is 0 Å². The molecule has 2 rings (SSSR count). The summed E-state index contributed by atoms with van der Waals surface area (Å²) >= 11 is 0. The molecule has 0 saturated carbocycles. The SMILES string of the molecule is CC(C)N1CCC(Cn2ccnc2N)C1. The maximum absolute atomic E-state index is 5.75. The molecular weight excluding hydrogens is 188 g/mol. The Morgan fingerprint density at radius 3 is 2.93 bits per heavy atom. The van der Waals surface area contributed by atoms with E-state index in [9.17, 15) is 0 Å². The molecule has 1 saturated heterocycles. The van der Waals surface area contributed by atoms with Crippen LogP contribution in [0.4, 0.5) is 5.95 Å². The van der Waals surface area contributed by atoms with Crippen molar-refractivity contribution in [1.29, 1.82) is 0 Å². The van der Waals surface area contributed by atoms with Gasteiger partial charge in [-0.2, -0.15) is 0 Å². The first-order valence-corrected chi connectivity index (χ1v) is 5.67. The second-order valence-corrected chi connectivity index (χ2v) is 4.68. The van der Waals surface area contributed by atoms with Gasteiger partial charge >= 0.3 is 0 Å². The van der Waals surface area contributed by atoms with Gasteiger partial charge in [0.1, 0.15) is 0 Å². The molecule has 1 aromatic rings. The predicted octanol–water partition coefficient (Wildman–Crippen LogP) is 1.20. The molecular formula is C11H20N4. The minimum atomic E-state index is 0.637. The van der Waals surface area contributed by atoms with Gasteiger partial charge < -0.3 is 15.2 Å². The molecule has 0 amide bonds. The summed E-state index contributed by atoms with van der Waals surface area (Å²) in [6.07, 6.45) is 5.01. The van der Waals surface area contributed by atoms with E-state index in [-0.39, 0.29) is 0 Å². The van der Waals surface area contributed by atoms with E-state index < -0.39 is 0 Å². The van der Waals surface area contributed by atoms with Crippen molar-refractivity contribution in [3.63, 3.8) is 0 Å². The summed E-state index contributed by atoms with van der Waals surface area (Å²) in [6.45, 7) is 7.93. The molecule has 0 radical (unpaired) electrons. The lowest BCUT2D eigenvalue weighted by Crippen LogP contribution is -2.28. The van der Waals surface area contributed by atoms with Crippen molar-refractivity contribution in [2.45, 2.75) is 32.9 Å². The average Bonchev–Trinajstić information content (AvgIpc) is 2.77. The lowest BCUT2D eigenvalue weighted by molar-refractivity contribution is 0.261. The average molecular weight is 208 g/mol. The third-order valence-corrected chi connectivity index (χ3v) is 3.25. The molecule has 1 unspecified atom stereocenters. The number of likely N-dealkylation sites (tertiary alicyclic amines) is 1. The normalized spacial score (nSPS) is 22.7. The molecule has 1 atom stereocenters. The van der Waals surface area contributed by atoms with Crippen molar-refractivity contribution in [2.75, 3.05) is 18.8 Å². The molecule has 2 heterocycles. The van der Waals surface area contributed by atoms with Crippen LogP contribution in [-0.2, 0) is 6.54 Å². The van der Waals surface area contributed by atoms with Crippen molar-refractivity contribution in [1.82, 2.24) is 14.5 Å². The molecule has 0 aromatic carbocycles. The maximum Gasteiger partial charge on any atom is 0.200 e. The molecule has 4 heteroatoms. The van der Waals surface area contributed by atoms with Crippen LogP contribution < -0.4 is 5.73 Å². The fraction of sp³-hybridized carbons (Fsp3) is 0.727. The topological polar surface area (TPSA) is 47.1 Å². The molecule has 84 valence electrons. The van der Waals surface area contributed by atoms with Crippen LogP contribution in [0.2, 0.25) is 0 Å². The Bertz CT molecular complexity index is 318. The summed E-state index contributed by atoms with van der Waals surface area (Å²) in [4.78, 5) is 6.57. The van der Waals surface area contributed by atoms with Crippen molar-refractivity contribution in [3.05, 3.63) is 12.4 Å². The zero-order valence-electron chi connectivity index (χ0n) is 9.56. The van der Waals surface area contributed by atoms with Crippen LogP contribution in [0, 0.1) is 5.92 Å². The van der Waals surface area contributed by atoms with Crippen molar-refractivity contribution in [3.8, 4) is 0 Å². The van der Waals surface area contributed by atoms with Gasteiger partial charge in [-0.1, -0.05) is 0 Å². The largest absolute Gasteiger partial charge is 0.369 e. The number of hydrogen-bond acceptors (Lipinski definition) is 3. The Kier molecular flexibility index (Phi) is 2.95. The third kappa shape index (κ3) is 2.31. The zero-order chi connectivity index (χ0) is 10.8. The maximum atomic E-state index is 5.75. The van der Waals surface area contributed by atoms with E-state index in [0.717, 1.165) is 12.5 Å². The standard InChI is InChI=1S/C11H20N4/c1-9(2)14-5-3-10(7-14)8-15-6-4-13-11(15)12/h4,6,9-10H,3,5,7-8H2,1-2H3,(H2,12,13).